The van der Waals surface area contributed by atoms with Crippen molar-refractivity contribution >= 4 is 35.2 Å². The first-order valence-electron chi connectivity index (χ1n) is 6.08. The Kier molecular flexibility index (Phi) is 4.67. The average Bonchev–Trinajstić information content (AvgIpc) is 2.36. The second-order valence-electron chi connectivity index (χ2n) is 4.42. The Morgan fingerprint density at radius 2 is 1.67 bits per heavy atom. The molecule has 1 fully saturated rings. The van der Waals surface area contributed by atoms with Crippen LogP contribution in [-0.2, 0) is 4.79 Å². The Bertz CT molecular complexity index is 445. The van der Waals surface area contributed by atoms with E-state index in [1.54, 1.807) is 30.4 Å². The highest BCUT2D eigenvalue weighted by Gasteiger charge is 2.13. The normalized spacial score (nSPS) is 16.2. The Hall–Kier alpha value is -0.990. The van der Waals surface area contributed by atoms with Crippen LogP contribution >= 0.6 is 23.2 Å². The molecule has 0 unspecified atom stereocenters. The number of rotatable bonds is 2. The number of halogens is 2. The van der Waals surface area contributed by atoms with Crippen molar-refractivity contribution in [3.05, 3.63) is 39.9 Å². The standard InChI is InChI=1S/C14H15Cl2NO/c15-12-8-11(9-13(16)10-12)4-5-14(18)17-6-2-1-3-7-17/h4-5,8-10H,1-3,6-7H2. The van der Waals surface area contributed by atoms with Crippen molar-refractivity contribution < 1.29 is 4.79 Å². The van der Waals surface area contributed by atoms with Gasteiger partial charge in [0.1, 0.15) is 0 Å². The molecule has 4 heteroatoms. The molecule has 1 aliphatic rings. The molecule has 0 radical (unpaired) electrons. The molecule has 0 bridgehead atoms. The summed E-state index contributed by atoms with van der Waals surface area (Å²) < 4.78 is 0. The van der Waals surface area contributed by atoms with Gasteiger partial charge in [-0.1, -0.05) is 23.2 Å². The van der Waals surface area contributed by atoms with Crippen LogP contribution < -0.4 is 0 Å². The monoisotopic (exact) mass is 283 g/mol. The third-order valence-corrected chi connectivity index (χ3v) is 3.41. The minimum absolute atomic E-state index is 0.0609. The molecule has 1 aromatic rings. The number of benzene rings is 1. The number of carbonyl (C=O) groups is 1. The van der Waals surface area contributed by atoms with Gasteiger partial charge in [-0.3, -0.25) is 4.79 Å². The van der Waals surface area contributed by atoms with Gasteiger partial charge in [-0.2, -0.15) is 0 Å². The molecule has 1 amide bonds. The Morgan fingerprint density at radius 1 is 1.06 bits per heavy atom. The van der Waals surface area contributed by atoms with Crippen molar-refractivity contribution in [2.24, 2.45) is 0 Å². The second kappa shape index (κ2) is 6.26. The van der Waals surface area contributed by atoms with Gasteiger partial charge < -0.3 is 4.90 Å². The molecule has 1 aromatic carbocycles. The summed E-state index contributed by atoms with van der Waals surface area (Å²) in [5.41, 5.74) is 0.845. The number of carbonyl (C=O) groups excluding carboxylic acids is 1. The van der Waals surface area contributed by atoms with Crippen LogP contribution in [0.25, 0.3) is 6.08 Å². The van der Waals surface area contributed by atoms with E-state index >= 15 is 0 Å². The van der Waals surface area contributed by atoms with E-state index in [0.717, 1.165) is 31.5 Å². The fourth-order valence-corrected chi connectivity index (χ4v) is 2.60. The quantitative estimate of drug-likeness (QED) is 0.751. The largest absolute Gasteiger partial charge is 0.339 e. The van der Waals surface area contributed by atoms with Gasteiger partial charge in [0.05, 0.1) is 0 Å². The van der Waals surface area contributed by atoms with Gasteiger partial charge in [-0.25, -0.2) is 0 Å². The van der Waals surface area contributed by atoms with E-state index in [4.69, 9.17) is 23.2 Å². The maximum absolute atomic E-state index is 11.9. The second-order valence-corrected chi connectivity index (χ2v) is 5.29. The summed E-state index contributed by atoms with van der Waals surface area (Å²) >= 11 is 11.8. The summed E-state index contributed by atoms with van der Waals surface area (Å²) in [6, 6.07) is 5.24. The average molecular weight is 284 g/mol. The van der Waals surface area contributed by atoms with Gasteiger partial charge in [0.2, 0.25) is 5.91 Å². The molecule has 18 heavy (non-hydrogen) atoms. The van der Waals surface area contributed by atoms with E-state index in [1.165, 1.54) is 6.42 Å². The first-order valence-corrected chi connectivity index (χ1v) is 6.84. The highest BCUT2D eigenvalue weighted by molar-refractivity contribution is 6.34. The summed E-state index contributed by atoms with van der Waals surface area (Å²) in [6.07, 6.45) is 6.77. The van der Waals surface area contributed by atoms with Gasteiger partial charge in [0.25, 0.3) is 0 Å². The van der Waals surface area contributed by atoms with Crippen molar-refractivity contribution in [3.8, 4) is 0 Å². The van der Waals surface area contributed by atoms with Crippen LogP contribution in [0.5, 0.6) is 0 Å². The molecule has 96 valence electrons. The predicted molar refractivity (Wildman–Crippen MR) is 75.9 cm³/mol. The van der Waals surface area contributed by atoms with Crippen LogP contribution in [0.2, 0.25) is 10.0 Å². The maximum Gasteiger partial charge on any atom is 0.246 e. The highest BCUT2D eigenvalue weighted by atomic mass is 35.5. The van der Waals surface area contributed by atoms with Gasteiger partial charge in [0, 0.05) is 29.2 Å². The number of hydrogen-bond donors (Lipinski definition) is 0. The van der Waals surface area contributed by atoms with Crippen molar-refractivity contribution in [3.63, 3.8) is 0 Å². The number of piperidine rings is 1. The fourth-order valence-electron chi connectivity index (χ4n) is 2.06. The van der Waals surface area contributed by atoms with Crippen molar-refractivity contribution in [2.45, 2.75) is 19.3 Å². The van der Waals surface area contributed by atoms with E-state index in [-0.39, 0.29) is 5.91 Å². The zero-order valence-electron chi connectivity index (χ0n) is 10.0. The highest BCUT2D eigenvalue weighted by Crippen LogP contribution is 2.20. The molecule has 0 saturated carbocycles. The molecule has 0 aromatic heterocycles. The van der Waals surface area contributed by atoms with E-state index in [2.05, 4.69) is 0 Å². The van der Waals surface area contributed by atoms with E-state index < -0.39 is 0 Å². The molecule has 0 atom stereocenters. The molecule has 2 rings (SSSR count). The summed E-state index contributed by atoms with van der Waals surface area (Å²) in [7, 11) is 0. The van der Waals surface area contributed by atoms with Crippen LogP contribution in [0, 0.1) is 0 Å². The lowest BCUT2D eigenvalue weighted by Gasteiger charge is -2.25. The van der Waals surface area contributed by atoms with Gasteiger partial charge >= 0.3 is 0 Å². The minimum atomic E-state index is 0.0609. The smallest absolute Gasteiger partial charge is 0.246 e. The Balaban J connectivity index is 2.03. The van der Waals surface area contributed by atoms with Crippen LogP contribution in [-0.4, -0.2) is 23.9 Å². The molecule has 1 saturated heterocycles. The van der Waals surface area contributed by atoms with Crippen molar-refractivity contribution in [2.75, 3.05) is 13.1 Å². The van der Waals surface area contributed by atoms with Crippen LogP contribution in [0.4, 0.5) is 0 Å². The number of nitrogens with zero attached hydrogens (tertiary/aromatic N) is 1. The fraction of sp³-hybridized carbons (Fsp3) is 0.357. The molecule has 0 aliphatic carbocycles. The van der Waals surface area contributed by atoms with E-state index in [0.29, 0.717) is 10.0 Å². The number of amides is 1. The summed E-state index contributed by atoms with van der Waals surface area (Å²) in [4.78, 5) is 13.8. The lowest BCUT2D eigenvalue weighted by atomic mass is 10.1. The third kappa shape index (κ3) is 3.76. The number of hydrogen-bond acceptors (Lipinski definition) is 1. The Morgan fingerprint density at radius 3 is 2.28 bits per heavy atom. The van der Waals surface area contributed by atoms with Gasteiger partial charge in [-0.05, 0) is 49.1 Å². The molecular weight excluding hydrogens is 269 g/mol. The first kappa shape index (κ1) is 13.4. The molecule has 1 heterocycles. The predicted octanol–water partition coefficient (Wildman–Crippen LogP) is 4.02. The lowest BCUT2D eigenvalue weighted by Crippen LogP contribution is -2.34. The summed E-state index contributed by atoms with van der Waals surface area (Å²) in [6.45, 7) is 1.72. The van der Waals surface area contributed by atoms with Gasteiger partial charge in [-0.15, -0.1) is 0 Å². The minimum Gasteiger partial charge on any atom is -0.339 e. The Labute approximate surface area is 117 Å². The van der Waals surface area contributed by atoms with E-state index in [1.807, 2.05) is 4.90 Å². The van der Waals surface area contributed by atoms with Gasteiger partial charge in [0.15, 0.2) is 0 Å². The van der Waals surface area contributed by atoms with Crippen molar-refractivity contribution in [1.82, 2.24) is 4.90 Å². The molecule has 2 nitrogen and oxygen atoms in total. The maximum atomic E-state index is 11.9. The number of likely N-dealkylation sites (tertiary alicyclic amines) is 1. The lowest BCUT2D eigenvalue weighted by molar-refractivity contribution is -0.126. The van der Waals surface area contributed by atoms with Crippen LogP contribution in [0.15, 0.2) is 24.3 Å². The van der Waals surface area contributed by atoms with Crippen LogP contribution in [0.3, 0.4) is 0 Å². The third-order valence-electron chi connectivity index (χ3n) is 2.97. The first-order chi connectivity index (χ1) is 8.65. The van der Waals surface area contributed by atoms with Crippen molar-refractivity contribution in [1.29, 1.82) is 0 Å². The zero-order chi connectivity index (χ0) is 13.0. The molecular formula is C14H15Cl2NO. The SMILES string of the molecule is O=C(C=Cc1cc(Cl)cc(Cl)c1)N1CCCCC1. The summed E-state index contributed by atoms with van der Waals surface area (Å²) in [5.74, 6) is 0.0609. The summed E-state index contributed by atoms with van der Waals surface area (Å²) in [5, 5.41) is 1.15. The molecule has 0 N–H and O–H groups in total. The molecule has 0 spiro atoms. The van der Waals surface area contributed by atoms with E-state index in [9.17, 15) is 4.79 Å². The van der Waals surface area contributed by atoms with Crippen LogP contribution in [0.1, 0.15) is 24.8 Å². The zero-order valence-corrected chi connectivity index (χ0v) is 11.5. The topological polar surface area (TPSA) is 20.3 Å². The molecule has 1 aliphatic heterocycles.